The summed E-state index contributed by atoms with van der Waals surface area (Å²) in [5.74, 6) is -9.32. The molecule has 0 aliphatic rings. The van der Waals surface area contributed by atoms with Gasteiger partial charge in [0.05, 0.1) is 0 Å². The second kappa shape index (κ2) is 7.21. The van der Waals surface area contributed by atoms with Gasteiger partial charge in [-0.15, -0.1) is 0 Å². The fraction of sp³-hybridized carbons (Fsp3) is 0.750. The molecule has 0 rings (SSSR count). The van der Waals surface area contributed by atoms with Gasteiger partial charge in [-0.05, 0) is 21.6 Å². The number of halogens is 12. The van der Waals surface area contributed by atoms with E-state index in [9.17, 15) is 62.3 Å². The van der Waals surface area contributed by atoms with Crippen LogP contribution in [-0.2, 0) is 9.59 Å². The number of rotatable bonds is 2. The third-order valence-electron chi connectivity index (χ3n) is 1.99. The lowest BCUT2D eigenvalue weighted by Crippen LogP contribution is -2.42. The highest BCUT2D eigenvalue weighted by atomic mass is 33.1. The first-order valence-electron chi connectivity index (χ1n) is 4.98. The van der Waals surface area contributed by atoms with Crippen molar-refractivity contribution in [3.05, 3.63) is 0 Å². The second-order valence-electron chi connectivity index (χ2n) is 3.84. The Kier molecular flexibility index (Phi) is 6.97. The van der Waals surface area contributed by atoms with Crippen LogP contribution in [0.25, 0.3) is 0 Å². The highest BCUT2D eigenvalue weighted by Crippen LogP contribution is 2.47. The van der Waals surface area contributed by atoms with Crippen molar-refractivity contribution in [3.63, 3.8) is 0 Å². The summed E-state index contributed by atoms with van der Waals surface area (Å²) < 4.78 is 145. The summed E-state index contributed by atoms with van der Waals surface area (Å²) in [5.41, 5.74) is 0. The van der Waals surface area contributed by atoms with Crippen molar-refractivity contribution in [2.24, 2.45) is 11.8 Å². The predicted molar refractivity (Wildman–Crippen MR) is 56.4 cm³/mol. The van der Waals surface area contributed by atoms with Gasteiger partial charge in [0.2, 0.25) is 22.1 Å². The van der Waals surface area contributed by atoms with Crippen molar-refractivity contribution in [2.45, 2.75) is 24.7 Å². The molecule has 0 spiro atoms. The Morgan fingerprint density at radius 3 is 0.792 bits per heavy atom. The van der Waals surface area contributed by atoms with Gasteiger partial charge in [0, 0.05) is 0 Å². The maximum absolute atomic E-state index is 12.1. The smallest absolute Gasteiger partial charge is 0.285 e. The van der Waals surface area contributed by atoms with E-state index in [0.717, 1.165) is 0 Å². The summed E-state index contributed by atoms with van der Waals surface area (Å²) >= 11 is 0. The van der Waals surface area contributed by atoms with E-state index in [1.165, 1.54) is 0 Å². The molecule has 0 amide bonds. The van der Waals surface area contributed by atoms with E-state index < -0.39 is 68.4 Å². The molecular formula is C8H2F12O2S2. The molecule has 0 unspecified atom stereocenters. The summed E-state index contributed by atoms with van der Waals surface area (Å²) in [6.45, 7) is 0. The van der Waals surface area contributed by atoms with Crippen molar-refractivity contribution in [1.82, 2.24) is 0 Å². The van der Waals surface area contributed by atoms with E-state index in [0.29, 0.717) is 0 Å². The van der Waals surface area contributed by atoms with Gasteiger partial charge in [-0.2, -0.15) is 52.7 Å². The third kappa shape index (κ3) is 6.60. The van der Waals surface area contributed by atoms with Crippen LogP contribution in [0.5, 0.6) is 0 Å². The fourth-order valence-corrected chi connectivity index (χ4v) is 3.05. The van der Waals surface area contributed by atoms with Gasteiger partial charge >= 0.3 is 24.7 Å². The molecule has 0 radical (unpaired) electrons. The number of alkyl halides is 12. The van der Waals surface area contributed by atoms with E-state index >= 15 is 0 Å². The van der Waals surface area contributed by atoms with Crippen LogP contribution in [0.4, 0.5) is 52.7 Å². The van der Waals surface area contributed by atoms with Crippen molar-refractivity contribution >= 4 is 31.8 Å². The van der Waals surface area contributed by atoms with Gasteiger partial charge in [0.1, 0.15) is 0 Å². The number of carbonyl (C=O) groups is 2. The van der Waals surface area contributed by atoms with Crippen LogP contribution in [0.15, 0.2) is 0 Å². The van der Waals surface area contributed by atoms with Gasteiger partial charge < -0.3 is 0 Å². The zero-order valence-electron chi connectivity index (χ0n) is 10.3. The van der Waals surface area contributed by atoms with Crippen LogP contribution >= 0.6 is 21.6 Å². The topological polar surface area (TPSA) is 34.1 Å². The Balaban J connectivity index is 5.24. The molecule has 0 aliphatic carbocycles. The van der Waals surface area contributed by atoms with Crippen LogP contribution in [0, 0.1) is 11.8 Å². The summed E-state index contributed by atoms with van der Waals surface area (Å²) in [6, 6.07) is 0. The van der Waals surface area contributed by atoms with Crippen LogP contribution in [-0.4, -0.2) is 34.9 Å². The Hall–Kier alpha value is -0.800. The van der Waals surface area contributed by atoms with Crippen LogP contribution in [0.3, 0.4) is 0 Å². The maximum Gasteiger partial charge on any atom is 0.408 e. The van der Waals surface area contributed by atoms with Gasteiger partial charge in [-0.3, -0.25) is 9.59 Å². The average Bonchev–Trinajstić information content (AvgIpc) is 2.17. The van der Waals surface area contributed by atoms with Gasteiger partial charge in [-0.25, -0.2) is 0 Å². The summed E-state index contributed by atoms with van der Waals surface area (Å²) in [6.07, 6.45) is -24.8. The highest BCUT2D eigenvalue weighted by Gasteiger charge is 2.63. The maximum atomic E-state index is 12.1. The minimum atomic E-state index is -6.20. The highest BCUT2D eigenvalue weighted by molar-refractivity contribution is 8.87. The number of hydrogen-bond donors (Lipinski definition) is 0. The minimum absolute atomic E-state index is 1.30. The molecule has 16 heteroatoms. The zero-order valence-corrected chi connectivity index (χ0v) is 12.0. The normalized spacial score (nSPS) is 14.4. The molecule has 0 aromatic rings. The lowest BCUT2D eigenvalue weighted by Gasteiger charge is -2.22. The molecule has 0 fully saturated rings. The van der Waals surface area contributed by atoms with E-state index in [1.807, 2.05) is 0 Å². The zero-order chi connectivity index (χ0) is 19.7. The summed E-state index contributed by atoms with van der Waals surface area (Å²) in [4.78, 5) is 21.7. The lowest BCUT2D eigenvalue weighted by atomic mass is 10.1. The van der Waals surface area contributed by atoms with Gasteiger partial charge in [0.15, 0.2) is 0 Å². The standard InChI is InChI=1S/C8H2F12O2S2/c9-5(10,11)1(6(12,13)14)3(21)23-24-4(22)2(7(15,16)17)8(18,19)20/h1-2H. The fourth-order valence-electron chi connectivity index (χ4n) is 1.08. The Labute approximate surface area is 131 Å². The van der Waals surface area contributed by atoms with E-state index in [1.54, 1.807) is 0 Å². The quantitative estimate of drug-likeness (QED) is 0.468. The molecule has 0 bridgehead atoms. The molecule has 0 aliphatic heterocycles. The van der Waals surface area contributed by atoms with E-state index in [4.69, 9.17) is 0 Å². The first-order chi connectivity index (χ1) is 10.3. The van der Waals surface area contributed by atoms with Crippen LogP contribution < -0.4 is 0 Å². The minimum Gasteiger partial charge on any atom is -0.285 e. The molecule has 0 saturated carbocycles. The number of hydrogen-bond acceptors (Lipinski definition) is 4. The van der Waals surface area contributed by atoms with Crippen molar-refractivity contribution in [3.8, 4) is 0 Å². The molecule has 0 aromatic carbocycles. The van der Waals surface area contributed by atoms with Crippen molar-refractivity contribution < 1.29 is 62.3 Å². The molecule has 2 nitrogen and oxygen atoms in total. The summed E-state index contributed by atoms with van der Waals surface area (Å²) in [5, 5.41) is -5.76. The Morgan fingerprint density at radius 1 is 0.500 bits per heavy atom. The van der Waals surface area contributed by atoms with Crippen LogP contribution in [0.2, 0.25) is 0 Å². The number of carbonyl (C=O) groups excluding carboxylic acids is 2. The lowest BCUT2D eigenvalue weighted by molar-refractivity contribution is -0.272. The SMILES string of the molecule is O=C(SSC(=O)C(C(F)(F)F)C(F)(F)F)C(C(F)(F)F)C(F)(F)F. The first-order valence-corrected chi connectivity index (χ1v) is 7.13. The molecule has 0 heterocycles. The molecule has 142 valence electrons. The Morgan fingerprint density at radius 2 is 0.667 bits per heavy atom. The third-order valence-corrected chi connectivity index (χ3v) is 4.11. The largest absolute Gasteiger partial charge is 0.408 e. The molecule has 24 heavy (non-hydrogen) atoms. The first kappa shape index (κ1) is 23.2. The van der Waals surface area contributed by atoms with Crippen LogP contribution in [0.1, 0.15) is 0 Å². The molecular weight excluding hydrogens is 420 g/mol. The van der Waals surface area contributed by atoms with Gasteiger partial charge in [0.25, 0.3) is 0 Å². The van der Waals surface area contributed by atoms with Gasteiger partial charge in [-0.1, -0.05) is 0 Å². The van der Waals surface area contributed by atoms with Crippen molar-refractivity contribution in [1.29, 1.82) is 0 Å². The predicted octanol–water partition coefficient (Wildman–Crippen LogP) is 4.90. The summed E-state index contributed by atoms with van der Waals surface area (Å²) in [7, 11) is -2.61. The van der Waals surface area contributed by atoms with E-state index in [2.05, 4.69) is 0 Å². The Bertz CT molecular complexity index is 401. The molecule has 0 saturated heterocycles. The molecule has 0 aromatic heterocycles. The second-order valence-corrected chi connectivity index (χ2v) is 5.98. The molecule has 0 atom stereocenters. The average molecular weight is 422 g/mol. The monoisotopic (exact) mass is 422 g/mol. The van der Waals surface area contributed by atoms with E-state index in [-0.39, 0.29) is 0 Å². The van der Waals surface area contributed by atoms with Crippen molar-refractivity contribution in [2.75, 3.05) is 0 Å². The molecule has 0 N–H and O–H groups in total.